The van der Waals surface area contributed by atoms with Crippen LogP contribution in [0.1, 0.15) is 37.0 Å². The van der Waals surface area contributed by atoms with Gasteiger partial charge in [-0.15, -0.1) is 0 Å². The molecule has 1 aliphatic rings. The molecule has 0 saturated carbocycles. The maximum Gasteiger partial charge on any atom is 0.312 e. The zero-order valence-corrected chi connectivity index (χ0v) is 18.4. The highest BCUT2D eigenvalue weighted by Crippen LogP contribution is 2.32. The smallest absolute Gasteiger partial charge is 0.312 e. The monoisotopic (exact) mass is 461 g/mol. The number of nitro groups is 1. The maximum atomic E-state index is 12.7. The van der Waals surface area contributed by atoms with Gasteiger partial charge in [0, 0.05) is 30.4 Å². The minimum atomic E-state index is -3.84. The van der Waals surface area contributed by atoms with Crippen LogP contribution in [0.4, 0.5) is 11.4 Å². The van der Waals surface area contributed by atoms with Crippen molar-refractivity contribution in [3.63, 3.8) is 0 Å². The number of anilines is 1. The summed E-state index contributed by atoms with van der Waals surface area (Å²) in [5.74, 6) is -0.893. The number of sulfonamides is 1. The lowest BCUT2D eigenvalue weighted by atomic mass is 10.1. The van der Waals surface area contributed by atoms with E-state index in [9.17, 15) is 28.1 Å². The third kappa shape index (κ3) is 5.11. The second-order valence-corrected chi connectivity index (χ2v) is 9.32. The molecule has 11 heteroatoms. The topological polar surface area (TPSA) is 136 Å². The third-order valence-electron chi connectivity index (χ3n) is 5.06. The molecule has 2 aromatic rings. The van der Waals surface area contributed by atoms with Crippen molar-refractivity contribution in [3.05, 3.63) is 58.1 Å². The van der Waals surface area contributed by atoms with Crippen molar-refractivity contribution in [1.29, 1.82) is 0 Å². The van der Waals surface area contributed by atoms with Crippen LogP contribution in [-0.2, 0) is 14.8 Å². The number of ketones is 1. The van der Waals surface area contributed by atoms with Gasteiger partial charge in [0.15, 0.2) is 17.6 Å². The van der Waals surface area contributed by atoms with Crippen molar-refractivity contribution in [1.82, 2.24) is 4.31 Å². The Morgan fingerprint density at radius 1 is 1.12 bits per heavy atom. The van der Waals surface area contributed by atoms with Crippen LogP contribution in [0.5, 0.6) is 5.75 Å². The van der Waals surface area contributed by atoms with Crippen LogP contribution in [0.2, 0.25) is 0 Å². The van der Waals surface area contributed by atoms with Gasteiger partial charge < -0.3 is 10.1 Å². The predicted octanol–water partition coefficient (Wildman–Crippen LogP) is 2.99. The second-order valence-electron chi connectivity index (χ2n) is 7.38. The van der Waals surface area contributed by atoms with Crippen LogP contribution >= 0.6 is 0 Å². The van der Waals surface area contributed by atoms with Gasteiger partial charge in [-0.25, -0.2) is 8.42 Å². The van der Waals surface area contributed by atoms with Gasteiger partial charge in [0.05, 0.1) is 9.82 Å². The van der Waals surface area contributed by atoms with Crippen LogP contribution in [-0.4, -0.2) is 48.5 Å². The Labute approximate surface area is 185 Å². The number of benzene rings is 2. The van der Waals surface area contributed by atoms with Crippen LogP contribution < -0.4 is 10.1 Å². The van der Waals surface area contributed by atoms with Crippen LogP contribution in [0.3, 0.4) is 0 Å². The fourth-order valence-corrected chi connectivity index (χ4v) is 4.79. The second kappa shape index (κ2) is 9.45. The van der Waals surface area contributed by atoms with Crippen LogP contribution in [0, 0.1) is 10.1 Å². The number of rotatable bonds is 8. The molecule has 0 aromatic heterocycles. The molecule has 0 radical (unpaired) electrons. The number of hydrogen-bond acceptors (Lipinski definition) is 7. The Bertz CT molecular complexity index is 1140. The molecule has 1 aliphatic heterocycles. The van der Waals surface area contributed by atoms with E-state index in [1.807, 2.05) is 0 Å². The molecule has 1 unspecified atom stereocenters. The average Bonchev–Trinajstić information content (AvgIpc) is 3.30. The van der Waals surface area contributed by atoms with E-state index < -0.39 is 32.6 Å². The molecule has 0 aliphatic carbocycles. The first kappa shape index (κ1) is 23.4. The fourth-order valence-electron chi connectivity index (χ4n) is 3.25. The van der Waals surface area contributed by atoms with E-state index in [-0.39, 0.29) is 16.4 Å². The zero-order valence-electron chi connectivity index (χ0n) is 17.6. The summed E-state index contributed by atoms with van der Waals surface area (Å²) in [6.07, 6.45) is 0.376. The predicted molar refractivity (Wildman–Crippen MR) is 116 cm³/mol. The summed E-state index contributed by atoms with van der Waals surface area (Å²) >= 11 is 0. The molecule has 10 nitrogen and oxygen atoms in total. The van der Waals surface area contributed by atoms with Gasteiger partial charge >= 0.3 is 5.69 Å². The van der Waals surface area contributed by atoms with E-state index in [1.54, 1.807) is 24.3 Å². The molecule has 0 bridgehead atoms. The number of ether oxygens (including phenoxy) is 1. The number of carbonyl (C=O) groups is 2. The van der Waals surface area contributed by atoms with Gasteiger partial charge in [0.25, 0.3) is 5.91 Å². The first-order valence-electron chi connectivity index (χ1n) is 9.96. The SMILES string of the molecule is CC(=O)c1ccc(NC(=O)C(C)Oc2ccc(S(=O)(=O)N3CCCC3)cc2[N+](=O)[O-])cc1. The summed E-state index contributed by atoms with van der Waals surface area (Å²) < 4.78 is 32.2. The van der Waals surface area contributed by atoms with Crippen LogP contribution in [0.25, 0.3) is 0 Å². The van der Waals surface area contributed by atoms with Gasteiger partial charge in [-0.3, -0.25) is 19.7 Å². The minimum Gasteiger partial charge on any atom is -0.474 e. The van der Waals surface area contributed by atoms with Gasteiger partial charge in [-0.05, 0) is 63.1 Å². The van der Waals surface area contributed by atoms with Crippen molar-refractivity contribution in [3.8, 4) is 5.75 Å². The van der Waals surface area contributed by atoms with E-state index >= 15 is 0 Å². The van der Waals surface area contributed by atoms with E-state index in [2.05, 4.69) is 5.32 Å². The number of nitro benzene ring substituents is 1. The summed E-state index contributed by atoms with van der Waals surface area (Å²) in [7, 11) is -3.84. The molecule has 1 amide bonds. The lowest BCUT2D eigenvalue weighted by molar-refractivity contribution is -0.386. The molecular formula is C21H23N3O7S. The highest BCUT2D eigenvalue weighted by Gasteiger charge is 2.30. The molecule has 2 aromatic carbocycles. The summed E-state index contributed by atoms with van der Waals surface area (Å²) in [5.41, 5.74) is 0.375. The molecule has 1 atom stereocenters. The standard InChI is InChI=1S/C21H23N3O7S/c1-14(25)16-5-7-17(8-6-16)22-21(26)15(2)31-20-10-9-18(13-19(20)24(27)28)32(29,30)23-11-3-4-12-23/h5-10,13,15H,3-4,11-12H2,1-2H3,(H,22,26). The Morgan fingerprint density at radius 3 is 2.31 bits per heavy atom. The van der Waals surface area contributed by atoms with Gasteiger partial charge in [-0.2, -0.15) is 4.31 Å². The first-order chi connectivity index (χ1) is 15.1. The molecule has 32 heavy (non-hydrogen) atoms. The number of carbonyl (C=O) groups excluding carboxylic acids is 2. The Morgan fingerprint density at radius 2 is 1.75 bits per heavy atom. The summed E-state index contributed by atoms with van der Waals surface area (Å²) in [4.78, 5) is 34.4. The molecule has 170 valence electrons. The lowest BCUT2D eigenvalue weighted by Gasteiger charge is -2.17. The first-order valence-corrected chi connectivity index (χ1v) is 11.4. The van der Waals surface area contributed by atoms with Crippen molar-refractivity contribution >= 4 is 33.1 Å². The quantitative estimate of drug-likeness (QED) is 0.362. The molecule has 3 rings (SSSR count). The van der Waals surface area contributed by atoms with Gasteiger partial charge in [-0.1, -0.05) is 0 Å². The number of Topliss-reactive ketones (excluding diaryl/α,β-unsaturated/α-hetero) is 1. The number of nitrogens with zero attached hydrogens (tertiary/aromatic N) is 2. The maximum absolute atomic E-state index is 12.7. The van der Waals surface area contributed by atoms with Crippen molar-refractivity contribution in [2.75, 3.05) is 18.4 Å². The van der Waals surface area contributed by atoms with Gasteiger partial charge in [0.2, 0.25) is 10.0 Å². The van der Waals surface area contributed by atoms with Gasteiger partial charge in [0.1, 0.15) is 0 Å². The summed E-state index contributed by atoms with van der Waals surface area (Å²) in [6, 6.07) is 9.62. The zero-order chi connectivity index (χ0) is 23.5. The molecule has 1 N–H and O–H groups in total. The van der Waals surface area contributed by atoms with Crippen LogP contribution in [0.15, 0.2) is 47.4 Å². The number of hydrogen-bond donors (Lipinski definition) is 1. The Hall–Kier alpha value is -3.31. The summed E-state index contributed by atoms with van der Waals surface area (Å²) in [6.45, 7) is 3.59. The molecule has 1 saturated heterocycles. The molecular weight excluding hydrogens is 438 g/mol. The van der Waals surface area contributed by atoms with E-state index in [4.69, 9.17) is 4.74 Å². The Kier molecular flexibility index (Phi) is 6.90. The molecule has 1 fully saturated rings. The minimum absolute atomic E-state index is 0.109. The lowest BCUT2D eigenvalue weighted by Crippen LogP contribution is -2.30. The fraction of sp³-hybridized carbons (Fsp3) is 0.333. The summed E-state index contributed by atoms with van der Waals surface area (Å²) in [5, 5.41) is 14.1. The van der Waals surface area contributed by atoms with Crippen molar-refractivity contribution < 1.29 is 27.7 Å². The highest BCUT2D eigenvalue weighted by atomic mass is 32.2. The normalized spacial score (nSPS) is 15.2. The Balaban J connectivity index is 1.76. The van der Waals surface area contributed by atoms with E-state index in [0.29, 0.717) is 24.3 Å². The van der Waals surface area contributed by atoms with Crippen molar-refractivity contribution in [2.24, 2.45) is 0 Å². The number of amides is 1. The van der Waals surface area contributed by atoms with E-state index in [1.165, 1.54) is 30.3 Å². The average molecular weight is 461 g/mol. The number of nitrogens with one attached hydrogen (secondary N) is 1. The largest absolute Gasteiger partial charge is 0.474 e. The third-order valence-corrected chi connectivity index (χ3v) is 6.96. The molecule has 0 spiro atoms. The van der Waals surface area contributed by atoms with Crippen molar-refractivity contribution in [2.45, 2.75) is 37.7 Å². The highest BCUT2D eigenvalue weighted by molar-refractivity contribution is 7.89. The molecule has 1 heterocycles. The van der Waals surface area contributed by atoms with E-state index in [0.717, 1.165) is 18.9 Å².